The van der Waals surface area contributed by atoms with Crippen molar-refractivity contribution in [3.05, 3.63) is 98.1 Å². The number of anilines is 1. The van der Waals surface area contributed by atoms with E-state index in [1.165, 1.54) is 5.56 Å². The van der Waals surface area contributed by atoms with Crippen LogP contribution in [0.25, 0.3) is 6.08 Å². The first-order valence-electron chi connectivity index (χ1n) is 9.42. The molecule has 5 heteroatoms. The molecule has 1 N–H and O–H groups in total. The molecule has 0 radical (unpaired) electrons. The zero-order valence-electron chi connectivity index (χ0n) is 16.8. The van der Waals surface area contributed by atoms with E-state index < -0.39 is 5.91 Å². The molecule has 0 aliphatic carbocycles. The monoisotopic (exact) mass is 508 g/mol. The van der Waals surface area contributed by atoms with Crippen LogP contribution in [0.4, 0.5) is 5.69 Å². The fourth-order valence-corrected chi connectivity index (χ4v) is 3.62. The van der Waals surface area contributed by atoms with Crippen LogP contribution >= 0.6 is 22.6 Å². The number of benzene rings is 3. The number of ether oxygens (including phenoxy) is 1. The molecule has 30 heavy (non-hydrogen) atoms. The van der Waals surface area contributed by atoms with Gasteiger partial charge in [-0.05, 0) is 83.5 Å². The van der Waals surface area contributed by atoms with Gasteiger partial charge in [0.15, 0.2) is 0 Å². The van der Waals surface area contributed by atoms with Gasteiger partial charge in [-0.2, -0.15) is 5.26 Å². The van der Waals surface area contributed by atoms with E-state index in [9.17, 15) is 10.1 Å². The van der Waals surface area contributed by atoms with E-state index in [0.717, 1.165) is 26.0 Å². The number of hydrogen-bond acceptors (Lipinski definition) is 3. The first-order chi connectivity index (χ1) is 14.4. The maximum absolute atomic E-state index is 12.5. The van der Waals surface area contributed by atoms with Crippen LogP contribution in [0.3, 0.4) is 0 Å². The van der Waals surface area contributed by atoms with Crippen LogP contribution in [0.15, 0.2) is 72.3 Å². The van der Waals surface area contributed by atoms with Gasteiger partial charge in [0.2, 0.25) is 0 Å². The van der Waals surface area contributed by atoms with Crippen LogP contribution in [0.5, 0.6) is 5.75 Å². The van der Waals surface area contributed by atoms with Gasteiger partial charge in [-0.1, -0.05) is 48.0 Å². The van der Waals surface area contributed by atoms with Crippen LogP contribution in [0, 0.1) is 28.7 Å². The van der Waals surface area contributed by atoms with Gasteiger partial charge in [0, 0.05) is 5.69 Å². The van der Waals surface area contributed by atoms with Gasteiger partial charge in [0.1, 0.15) is 24.0 Å². The van der Waals surface area contributed by atoms with Crippen molar-refractivity contribution in [3.8, 4) is 11.8 Å². The zero-order chi connectivity index (χ0) is 21.5. The van der Waals surface area contributed by atoms with E-state index in [0.29, 0.717) is 12.3 Å². The summed E-state index contributed by atoms with van der Waals surface area (Å²) in [6, 6.07) is 23.2. The van der Waals surface area contributed by atoms with Crippen LogP contribution < -0.4 is 10.1 Å². The Balaban J connectivity index is 1.71. The highest BCUT2D eigenvalue weighted by atomic mass is 127. The van der Waals surface area contributed by atoms with Crippen molar-refractivity contribution >= 4 is 40.3 Å². The van der Waals surface area contributed by atoms with Gasteiger partial charge >= 0.3 is 0 Å². The summed E-state index contributed by atoms with van der Waals surface area (Å²) in [4.78, 5) is 12.5. The number of nitriles is 1. The van der Waals surface area contributed by atoms with Crippen molar-refractivity contribution in [2.45, 2.75) is 20.5 Å². The first-order valence-corrected chi connectivity index (χ1v) is 10.5. The van der Waals surface area contributed by atoms with E-state index >= 15 is 0 Å². The molecule has 0 bridgehead atoms. The maximum Gasteiger partial charge on any atom is 0.266 e. The number of nitrogens with one attached hydrogen (secondary N) is 1. The van der Waals surface area contributed by atoms with Gasteiger partial charge in [-0.3, -0.25) is 4.79 Å². The molecule has 0 fully saturated rings. The number of nitrogens with zero attached hydrogens (tertiary/aromatic N) is 1. The Hall–Kier alpha value is -3.11. The molecule has 0 saturated heterocycles. The molecule has 0 aliphatic rings. The summed E-state index contributed by atoms with van der Waals surface area (Å²) in [6.07, 6.45) is 1.58. The largest absolute Gasteiger partial charge is 0.488 e. The van der Waals surface area contributed by atoms with Gasteiger partial charge in [0.25, 0.3) is 5.91 Å². The zero-order valence-corrected chi connectivity index (χ0v) is 18.9. The second kappa shape index (κ2) is 10.1. The lowest BCUT2D eigenvalue weighted by atomic mass is 10.1. The number of hydrogen-bond donors (Lipinski definition) is 1. The van der Waals surface area contributed by atoms with E-state index in [4.69, 9.17) is 4.74 Å². The molecule has 4 nitrogen and oxygen atoms in total. The summed E-state index contributed by atoms with van der Waals surface area (Å²) in [6.45, 7) is 4.48. The minimum atomic E-state index is -0.433. The molecule has 0 heterocycles. The fourth-order valence-electron chi connectivity index (χ4n) is 2.92. The SMILES string of the molecule is Cc1cccc(COc2ccc(/C=C(/C#N)C(=O)Nc3cccc(C)c3)cc2I)c1. The highest BCUT2D eigenvalue weighted by Gasteiger charge is 2.11. The molecular weight excluding hydrogens is 487 g/mol. The third-order valence-corrected chi connectivity index (χ3v) is 5.23. The molecule has 0 unspecified atom stereocenters. The molecular formula is C25H21IN2O2. The van der Waals surface area contributed by atoms with Crippen molar-refractivity contribution in [3.63, 3.8) is 0 Å². The van der Waals surface area contributed by atoms with E-state index in [1.54, 1.807) is 12.1 Å². The van der Waals surface area contributed by atoms with Crippen molar-refractivity contribution in [1.82, 2.24) is 0 Å². The molecule has 0 spiro atoms. The summed E-state index contributed by atoms with van der Waals surface area (Å²) < 4.78 is 6.84. The minimum Gasteiger partial charge on any atom is -0.488 e. The van der Waals surface area contributed by atoms with Crippen molar-refractivity contribution in [2.75, 3.05) is 5.32 Å². The smallest absolute Gasteiger partial charge is 0.266 e. The lowest BCUT2D eigenvalue weighted by molar-refractivity contribution is -0.112. The predicted octanol–water partition coefficient (Wildman–Crippen LogP) is 6.03. The highest BCUT2D eigenvalue weighted by molar-refractivity contribution is 14.1. The minimum absolute atomic E-state index is 0.0423. The Morgan fingerprint density at radius 2 is 1.80 bits per heavy atom. The van der Waals surface area contributed by atoms with Crippen LogP contribution in [0.1, 0.15) is 22.3 Å². The molecule has 0 aromatic heterocycles. The number of carbonyl (C=O) groups excluding carboxylic acids is 1. The second-order valence-electron chi connectivity index (χ2n) is 6.96. The number of amides is 1. The summed E-state index contributed by atoms with van der Waals surface area (Å²) >= 11 is 2.20. The van der Waals surface area contributed by atoms with Gasteiger partial charge in [-0.25, -0.2) is 0 Å². The average Bonchev–Trinajstić information content (AvgIpc) is 2.71. The second-order valence-corrected chi connectivity index (χ2v) is 8.12. The molecule has 0 aliphatic heterocycles. The quantitative estimate of drug-likeness (QED) is 0.251. The highest BCUT2D eigenvalue weighted by Crippen LogP contribution is 2.24. The average molecular weight is 508 g/mol. The third-order valence-electron chi connectivity index (χ3n) is 4.38. The van der Waals surface area contributed by atoms with Crippen LogP contribution in [-0.4, -0.2) is 5.91 Å². The predicted molar refractivity (Wildman–Crippen MR) is 128 cm³/mol. The molecule has 150 valence electrons. The van der Waals surface area contributed by atoms with Gasteiger partial charge in [0.05, 0.1) is 3.57 Å². The lowest BCUT2D eigenvalue weighted by Gasteiger charge is -2.10. The normalized spacial score (nSPS) is 10.9. The first kappa shape index (κ1) is 21.6. The Morgan fingerprint density at radius 3 is 2.47 bits per heavy atom. The summed E-state index contributed by atoms with van der Waals surface area (Å²) in [5.41, 5.74) is 4.80. The molecule has 0 atom stereocenters. The Labute approximate surface area is 190 Å². The van der Waals surface area contributed by atoms with Gasteiger partial charge in [-0.15, -0.1) is 0 Å². The van der Waals surface area contributed by atoms with Crippen molar-refractivity contribution < 1.29 is 9.53 Å². The van der Waals surface area contributed by atoms with Crippen molar-refractivity contribution in [2.24, 2.45) is 0 Å². The summed E-state index contributed by atoms with van der Waals surface area (Å²) in [7, 11) is 0. The topological polar surface area (TPSA) is 62.1 Å². The Bertz CT molecular complexity index is 1150. The lowest BCUT2D eigenvalue weighted by Crippen LogP contribution is -2.13. The molecule has 0 saturated carbocycles. The third kappa shape index (κ3) is 5.94. The molecule has 3 aromatic rings. The number of aryl methyl sites for hydroxylation is 2. The van der Waals surface area contributed by atoms with E-state index in [1.807, 2.05) is 61.5 Å². The number of carbonyl (C=O) groups is 1. The van der Waals surface area contributed by atoms with Gasteiger partial charge < -0.3 is 10.1 Å². The van der Waals surface area contributed by atoms with Crippen LogP contribution in [-0.2, 0) is 11.4 Å². The molecule has 3 rings (SSSR count). The summed E-state index contributed by atoms with van der Waals surface area (Å²) in [5.74, 6) is 0.329. The van der Waals surface area contributed by atoms with Crippen molar-refractivity contribution in [1.29, 1.82) is 5.26 Å². The molecule has 3 aromatic carbocycles. The number of rotatable bonds is 6. The van der Waals surface area contributed by atoms with E-state index in [-0.39, 0.29) is 5.57 Å². The Morgan fingerprint density at radius 1 is 1.07 bits per heavy atom. The number of halogens is 1. The maximum atomic E-state index is 12.5. The Kier molecular flexibility index (Phi) is 7.26. The van der Waals surface area contributed by atoms with Crippen LogP contribution in [0.2, 0.25) is 0 Å². The summed E-state index contributed by atoms with van der Waals surface area (Å²) in [5, 5.41) is 12.2. The molecule has 1 amide bonds. The fraction of sp³-hybridized carbons (Fsp3) is 0.120. The standard InChI is InChI=1S/C25H21IN2O2/c1-17-5-3-7-20(11-17)16-30-24-10-9-19(14-23(24)26)13-21(15-27)25(29)28-22-8-4-6-18(2)12-22/h3-14H,16H2,1-2H3,(H,28,29)/b21-13-. The van der Waals surface area contributed by atoms with E-state index in [2.05, 4.69) is 47.0 Å².